The van der Waals surface area contributed by atoms with Crippen molar-refractivity contribution < 1.29 is 4.74 Å². The van der Waals surface area contributed by atoms with Gasteiger partial charge in [-0.25, -0.2) is 0 Å². The molecule has 124 valence electrons. The molecule has 3 heteroatoms. The third-order valence-corrected chi connectivity index (χ3v) is 4.24. The minimum atomic E-state index is 0.598. The van der Waals surface area contributed by atoms with Crippen LogP contribution in [-0.2, 0) is 13.2 Å². The van der Waals surface area contributed by atoms with Crippen molar-refractivity contribution in [2.24, 2.45) is 5.92 Å². The molecule has 0 saturated heterocycles. The SMILES string of the molecule is Cc1ccc(COc2ccc(Br)cc2CNCCC(C)C)cc1. The largest absolute Gasteiger partial charge is 0.489 e. The molecule has 23 heavy (non-hydrogen) atoms. The summed E-state index contributed by atoms with van der Waals surface area (Å²) in [6, 6.07) is 14.7. The Morgan fingerprint density at radius 2 is 1.83 bits per heavy atom. The Bertz CT molecular complexity index is 608. The van der Waals surface area contributed by atoms with Gasteiger partial charge in [-0.2, -0.15) is 0 Å². The lowest BCUT2D eigenvalue weighted by atomic mass is 10.1. The van der Waals surface area contributed by atoms with E-state index >= 15 is 0 Å². The molecule has 0 aliphatic heterocycles. The molecule has 0 spiro atoms. The van der Waals surface area contributed by atoms with Crippen LogP contribution in [0.4, 0.5) is 0 Å². The first-order chi connectivity index (χ1) is 11.0. The summed E-state index contributed by atoms with van der Waals surface area (Å²) in [5, 5.41) is 3.51. The highest BCUT2D eigenvalue weighted by Gasteiger charge is 2.06. The van der Waals surface area contributed by atoms with Gasteiger partial charge in [0, 0.05) is 16.6 Å². The third kappa shape index (κ3) is 6.36. The highest BCUT2D eigenvalue weighted by molar-refractivity contribution is 9.10. The van der Waals surface area contributed by atoms with E-state index in [9.17, 15) is 0 Å². The van der Waals surface area contributed by atoms with E-state index in [-0.39, 0.29) is 0 Å². The molecule has 0 saturated carbocycles. The number of aryl methyl sites for hydroxylation is 1. The van der Waals surface area contributed by atoms with E-state index < -0.39 is 0 Å². The van der Waals surface area contributed by atoms with Crippen molar-refractivity contribution in [2.75, 3.05) is 6.54 Å². The molecule has 0 aromatic heterocycles. The molecule has 0 aliphatic rings. The fourth-order valence-corrected chi connectivity index (χ4v) is 2.69. The second kappa shape index (κ2) is 9.09. The Balaban J connectivity index is 1.95. The number of ether oxygens (including phenoxy) is 1. The summed E-state index contributed by atoms with van der Waals surface area (Å²) in [4.78, 5) is 0. The van der Waals surface area contributed by atoms with Gasteiger partial charge >= 0.3 is 0 Å². The van der Waals surface area contributed by atoms with Crippen molar-refractivity contribution in [2.45, 2.75) is 40.3 Å². The van der Waals surface area contributed by atoms with Gasteiger partial charge in [0.1, 0.15) is 12.4 Å². The van der Waals surface area contributed by atoms with Gasteiger partial charge in [0.25, 0.3) is 0 Å². The first-order valence-electron chi connectivity index (χ1n) is 8.22. The van der Waals surface area contributed by atoms with E-state index in [4.69, 9.17) is 4.74 Å². The smallest absolute Gasteiger partial charge is 0.124 e. The van der Waals surface area contributed by atoms with Crippen LogP contribution in [-0.4, -0.2) is 6.54 Å². The van der Waals surface area contributed by atoms with E-state index in [0.29, 0.717) is 6.61 Å². The zero-order valence-electron chi connectivity index (χ0n) is 14.2. The number of benzene rings is 2. The van der Waals surface area contributed by atoms with Crippen LogP contribution in [0.15, 0.2) is 46.9 Å². The predicted octanol–water partition coefficient (Wildman–Crippen LogP) is 5.47. The van der Waals surface area contributed by atoms with Gasteiger partial charge in [-0.05, 0) is 49.6 Å². The summed E-state index contributed by atoms with van der Waals surface area (Å²) in [5.41, 5.74) is 3.65. The lowest BCUT2D eigenvalue weighted by Gasteiger charge is -2.13. The van der Waals surface area contributed by atoms with Crippen molar-refractivity contribution in [1.29, 1.82) is 0 Å². The molecule has 0 aliphatic carbocycles. The van der Waals surface area contributed by atoms with Crippen LogP contribution >= 0.6 is 15.9 Å². The van der Waals surface area contributed by atoms with Crippen molar-refractivity contribution in [3.05, 3.63) is 63.6 Å². The van der Waals surface area contributed by atoms with Gasteiger partial charge in [0.2, 0.25) is 0 Å². The predicted molar refractivity (Wildman–Crippen MR) is 101 cm³/mol. The maximum Gasteiger partial charge on any atom is 0.124 e. The molecule has 0 radical (unpaired) electrons. The van der Waals surface area contributed by atoms with E-state index in [1.165, 1.54) is 23.1 Å². The molecule has 2 aromatic carbocycles. The van der Waals surface area contributed by atoms with E-state index in [0.717, 1.165) is 29.2 Å². The van der Waals surface area contributed by atoms with Gasteiger partial charge in [-0.3, -0.25) is 0 Å². The number of hydrogen-bond donors (Lipinski definition) is 1. The summed E-state index contributed by atoms with van der Waals surface area (Å²) in [6.07, 6.45) is 1.19. The zero-order chi connectivity index (χ0) is 16.7. The molecular formula is C20H26BrNO. The molecule has 2 rings (SSSR count). The van der Waals surface area contributed by atoms with Gasteiger partial charge in [-0.15, -0.1) is 0 Å². The maximum absolute atomic E-state index is 6.04. The molecule has 0 unspecified atom stereocenters. The van der Waals surface area contributed by atoms with Gasteiger partial charge in [-0.1, -0.05) is 59.6 Å². The van der Waals surface area contributed by atoms with Crippen molar-refractivity contribution in [3.63, 3.8) is 0 Å². The van der Waals surface area contributed by atoms with Crippen LogP contribution in [0.1, 0.15) is 37.0 Å². The third-order valence-electron chi connectivity index (χ3n) is 3.75. The standard InChI is InChI=1S/C20H26BrNO/c1-15(2)10-11-22-13-18-12-19(21)8-9-20(18)23-14-17-6-4-16(3)5-7-17/h4-9,12,15,22H,10-11,13-14H2,1-3H3. The molecule has 0 amide bonds. The molecule has 0 heterocycles. The van der Waals surface area contributed by atoms with Crippen LogP contribution in [0.5, 0.6) is 5.75 Å². The highest BCUT2D eigenvalue weighted by atomic mass is 79.9. The average molecular weight is 376 g/mol. The van der Waals surface area contributed by atoms with Crippen LogP contribution in [0.25, 0.3) is 0 Å². The summed E-state index contributed by atoms with van der Waals surface area (Å²) in [6.45, 7) is 9.05. The van der Waals surface area contributed by atoms with E-state index in [2.05, 4.69) is 72.3 Å². The normalized spacial score (nSPS) is 11.0. The Labute approximate surface area is 148 Å². The number of halogens is 1. The maximum atomic E-state index is 6.04. The lowest BCUT2D eigenvalue weighted by Crippen LogP contribution is -2.17. The van der Waals surface area contributed by atoms with Crippen LogP contribution < -0.4 is 10.1 Å². The monoisotopic (exact) mass is 375 g/mol. The van der Waals surface area contributed by atoms with Crippen LogP contribution in [0, 0.1) is 12.8 Å². The lowest BCUT2D eigenvalue weighted by molar-refractivity contribution is 0.302. The van der Waals surface area contributed by atoms with Crippen molar-refractivity contribution >= 4 is 15.9 Å². The van der Waals surface area contributed by atoms with E-state index in [1.807, 2.05) is 12.1 Å². The van der Waals surface area contributed by atoms with Crippen LogP contribution in [0.3, 0.4) is 0 Å². The first kappa shape index (κ1) is 18.0. The molecular weight excluding hydrogens is 350 g/mol. The summed E-state index contributed by atoms with van der Waals surface area (Å²) in [7, 11) is 0. The molecule has 2 aromatic rings. The van der Waals surface area contributed by atoms with Gasteiger partial charge < -0.3 is 10.1 Å². The number of rotatable bonds is 8. The summed E-state index contributed by atoms with van der Waals surface area (Å²) in [5.74, 6) is 1.67. The molecule has 0 fully saturated rings. The average Bonchev–Trinajstić information content (AvgIpc) is 2.52. The Kier molecular flexibility index (Phi) is 7.13. The molecule has 2 nitrogen and oxygen atoms in total. The highest BCUT2D eigenvalue weighted by Crippen LogP contribution is 2.24. The number of hydrogen-bond acceptors (Lipinski definition) is 2. The second-order valence-electron chi connectivity index (χ2n) is 6.39. The Morgan fingerprint density at radius 1 is 1.09 bits per heavy atom. The van der Waals surface area contributed by atoms with Crippen molar-refractivity contribution in [1.82, 2.24) is 5.32 Å². The Hall–Kier alpha value is -1.32. The Morgan fingerprint density at radius 3 is 2.52 bits per heavy atom. The van der Waals surface area contributed by atoms with Gasteiger partial charge in [0.15, 0.2) is 0 Å². The van der Waals surface area contributed by atoms with Crippen LogP contribution in [0.2, 0.25) is 0 Å². The topological polar surface area (TPSA) is 21.3 Å². The number of nitrogens with one attached hydrogen (secondary N) is 1. The second-order valence-corrected chi connectivity index (χ2v) is 7.30. The fourth-order valence-electron chi connectivity index (χ4n) is 2.29. The fraction of sp³-hybridized carbons (Fsp3) is 0.400. The minimum absolute atomic E-state index is 0.598. The minimum Gasteiger partial charge on any atom is -0.489 e. The summed E-state index contributed by atoms with van der Waals surface area (Å²) < 4.78 is 7.12. The van der Waals surface area contributed by atoms with Gasteiger partial charge in [0.05, 0.1) is 0 Å². The molecule has 0 atom stereocenters. The van der Waals surface area contributed by atoms with E-state index in [1.54, 1.807) is 0 Å². The van der Waals surface area contributed by atoms with Crippen molar-refractivity contribution in [3.8, 4) is 5.75 Å². The molecule has 1 N–H and O–H groups in total. The summed E-state index contributed by atoms with van der Waals surface area (Å²) >= 11 is 3.55. The molecule has 0 bridgehead atoms. The quantitative estimate of drug-likeness (QED) is 0.617. The first-order valence-corrected chi connectivity index (χ1v) is 9.01. The zero-order valence-corrected chi connectivity index (χ0v) is 15.8.